The third-order valence-electron chi connectivity index (χ3n) is 5.55. The van der Waals surface area contributed by atoms with Gasteiger partial charge in [-0.15, -0.1) is 10.2 Å². The third kappa shape index (κ3) is 3.52. The van der Waals surface area contributed by atoms with Crippen molar-refractivity contribution in [2.45, 2.75) is 26.3 Å². The lowest BCUT2D eigenvalue weighted by Crippen LogP contribution is -2.29. The zero-order valence-corrected chi connectivity index (χ0v) is 19.0. The number of nitrogens with zero attached hydrogens (tertiary/aromatic N) is 3. The number of carbonyl (C=O) groups excluding carboxylic acids is 1. The van der Waals surface area contributed by atoms with Crippen LogP contribution in [0.15, 0.2) is 64.3 Å². The topological polar surface area (TPSA) is 85.5 Å². The van der Waals surface area contributed by atoms with Gasteiger partial charge in [-0.3, -0.25) is 14.5 Å². The van der Waals surface area contributed by atoms with Gasteiger partial charge in [0.25, 0.3) is 5.91 Å². The van der Waals surface area contributed by atoms with Gasteiger partial charge < -0.3 is 9.15 Å². The van der Waals surface area contributed by atoms with Gasteiger partial charge in [-0.1, -0.05) is 54.7 Å². The summed E-state index contributed by atoms with van der Waals surface area (Å²) in [7, 11) is 0. The largest absolute Gasteiger partial charge is 0.490 e. The summed E-state index contributed by atoms with van der Waals surface area (Å²) in [6.07, 6.45) is 2.37. The molecule has 3 heterocycles. The number of carbonyl (C=O) groups is 1. The molecule has 1 unspecified atom stereocenters. The summed E-state index contributed by atoms with van der Waals surface area (Å²) < 4.78 is 11.6. The molecule has 0 saturated carbocycles. The van der Waals surface area contributed by atoms with Crippen molar-refractivity contribution in [3.63, 3.8) is 0 Å². The van der Waals surface area contributed by atoms with Crippen LogP contribution < -0.4 is 15.1 Å². The summed E-state index contributed by atoms with van der Waals surface area (Å²) >= 11 is 1.33. The number of anilines is 1. The van der Waals surface area contributed by atoms with Crippen LogP contribution in [0.2, 0.25) is 0 Å². The molecule has 0 bridgehead atoms. The van der Waals surface area contributed by atoms with Crippen molar-refractivity contribution in [1.82, 2.24) is 10.2 Å². The van der Waals surface area contributed by atoms with E-state index < -0.39 is 11.9 Å². The van der Waals surface area contributed by atoms with E-state index in [0.717, 1.165) is 16.1 Å². The summed E-state index contributed by atoms with van der Waals surface area (Å²) in [4.78, 5) is 28.7. The molecule has 0 N–H and O–H groups in total. The molecule has 4 aromatic rings. The van der Waals surface area contributed by atoms with Gasteiger partial charge >= 0.3 is 0 Å². The van der Waals surface area contributed by atoms with Crippen molar-refractivity contribution in [2.24, 2.45) is 0 Å². The summed E-state index contributed by atoms with van der Waals surface area (Å²) in [5, 5.41) is 10.1. The minimum Gasteiger partial charge on any atom is -0.490 e. The van der Waals surface area contributed by atoms with E-state index in [4.69, 9.17) is 9.15 Å². The van der Waals surface area contributed by atoms with Gasteiger partial charge in [-0.2, -0.15) is 0 Å². The first-order valence-corrected chi connectivity index (χ1v) is 11.4. The maximum Gasteiger partial charge on any atom is 0.297 e. The Bertz CT molecular complexity index is 1440. The number of benzene rings is 2. The maximum absolute atomic E-state index is 13.6. The van der Waals surface area contributed by atoms with Crippen LogP contribution in [0.3, 0.4) is 0 Å². The number of hydrogen-bond acceptors (Lipinski definition) is 7. The highest BCUT2D eigenvalue weighted by Crippen LogP contribution is 2.42. The molecule has 2 aromatic heterocycles. The maximum atomic E-state index is 13.6. The Kier molecular flexibility index (Phi) is 5.30. The van der Waals surface area contributed by atoms with Gasteiger partial charge in [0.05, 0.1) is 17.0 Å². The van der Waals surface area contributed by atoms with Gasteiger partial charge in [0.15, 0.2) is 5.43 Å². The number of hydrogen-bond donors (Lipinski definition) is 0. The van der Waals surface area contributed by atoms with Crippen LogP contribution in [0.5, 0.6) is 5.75 Å². The lowest BCUT2D eigenvalue weighted by Gasteiger charge is -2.22. The average molecular weight is 460 g/mol. The van der Waals surface area contributed by atoms with E-state index >= 15 is 0 Å². The zero-order chi connectivity index (χ0) is 23.1. The molecule has 166 valence electrons. The fraction of sp³-hybridized carbons (Fsp3) is 0.200. The van der Waals surface area contributed by atoms with Gasteiger partial charge in [0, 0.05) is 0 Å². The van der Waals surface area contributed by atoms with Crippen molar-refractivity contribution >= 4 is 33.3 Å². The fourth-order valence-corrected chi connectivity index (χ4v) is 4.79. The van der Waals surface area contributed by atoms with Crippen LogP contribution in [0.4, 0.5) is 5.13 Å². The van der Waals surface area contributed by atoms with Crippen LogP contribution >= 0.6 is 11.3 Å². The molecule has 33 heavy (non-hydrogen) atoms. The van der Waals surface area contributed by atoms with Crippen molar-refractivity contribution in [1.29, 1.82) is 0 Å². The van der Waals surface area contributed by atoms with Crippen LogP contribution in [0, 0.1) is 6.92 Å². The molecule has 0 radical (unpaired) electrons. The fourth-order valence-electron chi connectivity index (χ4n) is 3.99. The first kappa shape index (κ1) is 21.1. The van der Waals surface area contributed by atoms with E-state index in [1.165, 1.54) is 16.2 Å². The molecule has 5 rings (SSSR count). The molecule has 7 nitrogen and oxygen atoms in total. The Labute approximate surface area is 194 Å². The van der Waals surface area contributed by atoms with Crippen LogP contribution in [0.1, 0.15) is 45.2 Å². The highest BCUT2D eigenvalue weighted by Gasteiger charge is 2.45. The van der Waals surface area contributed by atoms with E-state index in [1.54, 1.807) is 18.2 Å². The summed E-state index contributed by atoms with van der Waals surface area (Å²) in [5.74, 6) is 0.307. The van der Waals surface area contributed by atoms with Crippen LogP contribution in [-0.2, 0) is 6.42 Å². The van der Waals surface area contributed by atoms with Gasteiger partial charge in [0.1, 0.15) is 22.9 Å². The number of fused-ring (bicyclic) bond motifs is 2. The monoisotopic (exact) mass is 459 g/mol. The van der Waals surface area contributed by atoms with Crippen molar-refractivity contribution in [3.8, 4) is 5.75 Å². The van der Waals surface area contributed by atoms with Crippen molar-refractivity contribution in [3.05, 3.63) is 92.8 Å². The molecule has 1 aliphatic rings. The molecule has 1 amide bonds. The third-order valence-corrected chi connectivity index (χ3v) is 6.62. The van der Waals surface area contributed by atoms with Crippen molar-refractivity contribution in [2.75, 3.05) is 11.5 Å². The van der Waals surface area contributed by atoms with Gasteiger partial charge in [0.2, 0.25) is 10.9 Å². The number of ether oxygens (including phenoxy) is 1. The second-order valence-electron chi connectivity index (χ2n) is 7.75. The highest BCUT2D eigenvalue weighted by molar-refractivity contribution is 7.15. The Morgan fingerprint density at radius 2 is 1.97 bits per heavy atom. The zero-order valence-electron chi connectivity index (χ0n) is 18.2. The van der Waals surface area contributed by atoms with E-state index in [1.807, 2.05) is 44.2 Å². The number of amides is 1. The standard InChI is InChI=1S/C25H21N3O4S/c1-4-12-31-16-9-7-15(8-10-16)21-20-22(29)17-13-14(3)6-11-18(17)32-23(20)24(30)28(21)25-27-26-19(5-2)33-25/h4,6-11,13,21H,1,5,12H2,2-3H3. The van der Waals surface area contributed by atoms with E-state index in [2.05, 4.69) is 16.8 Å². The van der Waals surface area contributed by atoms with Crippen molar-refractivity contribution < 1.29 is 13.9 Å². The lowest BCUT2D eigenvalue weighted by molar-refractivity contribution is 0.0970. The Hall–Kier alpha value is -3.78. The Morgan fingerprint density at radius 3 is 2.67 bits per heavy atom. The van der Waals surface area contributed by atoms with Crippen LogP contribution in [0.25, 0.3) is 11.0 Å². The molecule has 0 aliphatic carbocycles. The van der Waals surface area contributed by atoms with E-state index in [9.17, 15) is 9.59 Å². The molecular formula is C25H21N3O4S. The lowest BCUT2D eigenvalue weighted by atomic mass is 9.98. The minimum absolute atomic E-state index is 0.0431. The minimum atomic E-state index is -0.681. The molecule has 1 atom stereocenters. The first-order valence-electron chi connectivity index (χ1n) is 10.6. The number of aromatic nitrogens is 2. The molecule has 2 aromatic carbocycles. The predicted octanol–water partition coefficient (Wildman–Crippen LogP) is 4.83. The molecule has 0 spiro atoms. The summed E-state index contributed by atoms with van der Waals surface area (Å²) in [5.41, 5.74) is 2.17. The first-order chi connectivity index (χ1) is 16.0. The summed E-state index contributed by atoms with van der Waals surface area (Å²) in [6.45, 7) is 7.93. The Morgan fingerprint density at radius 1 is 1.18 bits per heavy atom. The quantitative estimate of drug-likeness (QED) is 0.384. The molecule has 8 heteroatoms. The Balaban J connectivity index is 1.71. The summed E-state index contributed by atoms with van der Waals surface area (Å²) in [6, 6.07) is 12.0. The molecule has 0 saturated heterocycles. The average Bonchev–Trinajstić information content (AvgIpc) is 3.41. The number of rotatable bonds is 6. The SMILES string of the molecule is C=CCOc1ccc(C2c3c(oc4ccc(C)cc4c3=O)C(=O)N2c2nnc(CC)s2)cc1. The van der Waals surface area contributed by atoms with Gasteiger partial charge in [-0.25, -0.2) is 0 Å². The normalized spacial score (nSPS) is 15.2. The van der Waals surface area contributed by atoms with E-state index in [0.29, 0.717) is 40.4 Å². The number of aryl methyl sites for hydroxylation is 2. The molecule has 0 fully saturated rings. The smallest absolute Gasteiger partial charge is 0.297 e. The van der Waals surface area contributed by atoms with E-state index in [-0.39, 0.29) is 11.2 Å². The predicted molar refractivity (Wildman–Crippen MR) is 127 cm³/mol. The second-order valence-corrected chi connectivity index (χ2v) is 8.79. The van der Waals surface area contributed by atoms with Crippen LogP contribution in [-0.4, -0.2) is 22.7 Å². The van der Waals surface area contributed by atoms with Gasteiger partial charge in [-0.05, 0) is 43.2 Å². The molecule has 1 aliphatic heterocycles. The highest BCUT2D eigenvalue weighted by atomic mass is 32.1. The second kappa shape index (κ2) is 8.29. The molecular weight excluding hydrogens is 438 g/mol.